The molecule has 1 N–H and O–H groups in total. The van der Waals surface area contributed by atoms with Gasteiger partial charge >= 0.3 is 5.97 Å². The Morgan fingerprint density at radius 2 is 1.93 bits per heavy atom. The van der Waals surface area contributed by atoms with Gasteiger partial charge in [0.2, 0.25) is 0 Å². The number of nitrogens with zero attached hydrogens (tertiary/aromatic N) is 3. The van der Waals surface area contributed by atoms with Crippen molar-refractivity contribution >= 4 is 28.9 Å². The summed E-state index contributed by atoms with van der Waals surface area (Å²) in [5.74, 6) is -1.41. The summed E-state index contributed by atoms with van der Waals surface area (Å²) in [6.45, 7) is 0.910. The molecule has 154 valence electrons. The number of nitrogens with one attached hydrogen (secondary N) is 1. The molecule has 0 spiro atoms. The van der Waals surface area contributed by atoms with Crippen LogP contribution in [0, 0.1) is 21.4 Å². The van der Waals surface area contributed by atoms with Crippen LogP contribution in [0.2, 0.25) is 0 Å². The first kappa shape index (κ1) is 20.8. The van der Waals surface area contributed by atoms with Gasteiger partial charge in [-0.2, -0.15) is 5.26 Å². The lowest BCUT2D eigenvalue weighted by Gasteiger charge is -2.28. The lowest BCUT2D eigenvalue weighted by Crippen LogP contribution is -2.30. The molecule has 1 fully saturated rings. The fraction of sp³-hybridized carbons (Fsp3) is 0.286. The van der Waals surface area contributed by atoms with Crippen LogP contribution in [-0.2, 0) is 9.53 Å². The van der Waals surface area contributed by atoms with E-state index in [1.165, 1.54) is 18.2 Å². The Balaban J connectivity index is 1.64. The van der Waals surface area contributed by atoms with Gasteiger partial charge in [-0.1, -0.05) is 6.07 Å². The van der Waals surface area contributed by atoms with Gasteiger partial charge in [0.05, 0.1) is 22.1 Å². The van der Waals surface area contributed by atoms with Crippen LogP contribution in [0.3, 0.4) is 0 Å². The molecule has 9 heteroatoms. The fourth-order valence-electron chi connectivity index (χ4n) is 3.28. The number of esters is 1. The Labute approximate surface area is 173 Å². The zero-order valence-electron chi connectivity index (χ0n) is 16.2. The molecule has 2 aromatic rings. The molecule has 0 radical (unpaired) electrons. The van der Waals surface area contributed by atoms with Crippen molar-refractivity contribution in [2.45, 2.75) is 19.3 Å². The smallest absolute Gasteiger partial charge is 0.338 e. The molecule has 0 aromatic heterocycles. The zero-order chi connectivity index (χ0) is 21.5. The Hall–Kier alpha value is -3.93. The lowest BCUT2D eigenvalue weighted by atomic mass is 10.1. The summed E-state index contributed by atoms with van der Waals surface area (Å²) in [7, 11) is 0. The van der Waals surface area contributed by atoms with Crippen LogP contribution in [0.5, 0.6) is 0 Å². The van der Waals surface area contributed by atoms with Gasteiger partial charge in [0.25, 0.3) is 11.6 Å². The lowest BCUT2D eigenvalue weighted by molar-refractivity contribution is -0.384. The van der Waals surface area contributed by atoms with Crippen LogP contribution < -0.4 is 10.2 Å². The van der Waals surface area contributed by atoms with Gasteiger partial charge in [-0.05, 0) is 49.6 Å². The first-order valence-corrected chi connectivity index (χ1v) is 9.48. The van der Waals surface area contributed by atoms with Crippen LogP contribution in [0.1, 0.15) is 35.2 Å². The van der Waals surface area contributed by atoms with Crippen LogP contribution in [0.25, 0.3) is 0 Å². The molecule has 1 heterocycles. The summed E-state index contributed by atoms with van der Waals surface area (Å²) in [5.41, 5.74) is 1.10. The predicted molar refractivity (Wildman–Crippen MR) is 109 cm³/mol. The summed E-state index contributed by atoms with van der Waals surface area (Å²) in [6.07, 6.45) is 3.03. The molecule has 0 bridgehead atoms. The highest BCUT2D eigenvalue weighted by atomic mass is 16.6. The number of ether oxygens (including phenoxy) is 1. The number of anilines is 2. The van der Waals surface area contributed by atoms with E-state index < -0.39 is 23.4 Å². The van der Waals surface area contributed by atoms with Gasteiger partial charge in [-0.3, -0.25) is 14.9 Å². The molecule has 1 aliphatic heterocycles. The summed E-state index contributed by atoms with van der Waals surface area (Å²) < 4.78 is 4.99. The first-order chi connectivity index (χ1) is 14.5. The van der Waals surface area contributed by atoms with E-state index in [0.717, 1.165) is 32.4 Å². The molecule has 0 atom stereocenters. The van der Waals surface area contributed by atoms with E-state index in [4.69, 9.17) is 10.00 Å². The molecule has 2 aromatic carbocycles. The SMILES string of the molecule is N#Cc1cccc(NC(=O)COC(=O)c2ccc(N3CCCCC3)c([N+](=O)[O-])c2)c1. The molecule has 9 nitrogen and oxygen atoms in total. The van der Waals surface area contributed by atoms with Crippen molar-refractivity contribution in [3.8, 4) is 6.07 Å². The van der Waals surface area contributed by atoms with E-state index in [9.17, 15) is 19.7 Å². The number of hydrogen-bond donors (Lipinski definition) is 1. The molecule has 30 heavy (non-hydrogen) atoms. The number of carbonyl (C=O) groups is 2. The Bertz CT molecular complexity index is 1010. The molecule has 1 saturated heterocycles. The fourth-order valence-corrected chi connectivity index (χ4v) is 3.28. The van der Waals surface area contributed by atoms with Crippen molar-refractivity contribution in [3.05, 3.63) is 63.7 Å². The van der Waals surface area contributed by atoms with E-state index in [1.54, 1.807) is 24.3 Å². The molecule has 1 aliphatic rings. The Morgan fingerprint density at radius 1 is 1.17 bits per heavy atom. The maximum atomic E-state index is 12.3. The summed E-state index contributed by atoms with van der Waals surface area (Å²) >= 11 is 0. The van der Waals surface area contributed by atoms with E-state index >= 15 is 0 Å². The van der Waals surface area contributed by atoms with Crippen molar-refractivity contribution < 1.29 is 19.2 Å². The maximum Gasteiger partial charge on any atom is 0.338 e. The number of amides is 1. The standard InChI is InChI=1S/C21H20N4O5/c22-13-15-5-4-6-17(11-15)23-20(26)14-30-21(27)16-7-8-18(19(12-16)25(28)29)24-9-2-1-3-10-24/h4-8,11-12H,1-3,9-10,14H2,(H,23,26). The summed E-state index contributed by atoms with van der Waals surface area (Å²) in [6, 6.07) is 12.5. The van der Waals surface area contributed by atoms with E-state index in [2.05, 4.69) is 5.32 Å². The van der Waals surface area contributed by atoms with Crippen molar-refractivity contribution in [1.29, 1.82) is 5.26 Å². The van der Waals surface area contributed by atoms with Gasteiger partial charge in [-0.25, -0.2) is 4.79 Å². The maximum absolute atomic E-state index is 12.3. The van der Waals surface area contributed by atoms with E-state index in [0.29, 0.717) is 16.9 Å². The largest absolute Gasteiger partial charge is 0.452 e. The molecule has 0 saturated carbocycles. The van der Waals surface area contributed by atoms with Crippen LogP contribution in [0.15, 0.2) is 42.5 Å². The normalized spacial score (nSPS) is 13.2. The van der Waals surface area contributed by atoms with Gasteiger partial charge < -0.3 is 15.0 Å². The average molecular weight is 408 g/mol. The van der Waals surface area contributed by atoms with Crippen LogP contribution in [0.4, 0.5) is 17.1 Å². The second kappa shape index (κ2) is 9.52. The highest BCUT2D eigenvalue weighted by Crippen LogP contribution is 2.31. The van der Waals surface area contributed by atoms with Crippen LogP contribution in [-0.4, -0.2) is 36.5 Å². The zero-order valence-corrected chi connectivity index (χ0v) is 16.2. The minimum Gasteiger partial charge on any atom is -0.452 e. The number of nitriles is 1. The number of rotatable bonds is 6. The number of nitro groups is 1. The second-order valence-electron chi connectivity index (χ2n) is 6.83. The van der Waals surface area contributed by atoms with Crippen molar-refractivity contribution in [2.75, 3.05) is 29.9 Å². The van der Waals surface area contributed by atoms with E-state index in [-0.39, 0.29) is 11.3 Å². The number of hydrogen-bond acceptors (Lipinski definition) is 7. The topological polar surface area (TPSA) is 126 Å². The number of benzene rings is 2. The minimum atomic E-state index is -0.829. The van der Waals surface area contributed by atoms with Crippen molar-refractivity contribution in [2.24, 2.45) is 0 Å². The molecular weight excluding hydrogens is 388 g/mol. The molecule has 0 aliphatic carbocycles. The third kappa shape index (κ3) is 5.11. The third-order valence-electron chi connectivity index (χ3n) is 4.71. The second-order valence-corrected chi connectivity index (χ2v) is 6.83. The molecular formula is C21H20N4O5. The van der Waals surface area contributed by atoms with Gasteiger partial charge in [-0.15, -0.1) is 0 Å². The average Bonchev–Trinajstić information content (AvgIpc) is 2.77. The number of piperidine rings is 1. The van der Waals surface area contributed by atoms with Gasteiger partial charge in [0, 0.05) is 24.8 Å². The van der Waals surface area contributed by atoms with Gasteiger partial charge in [0.15, 0.2) is 6.61 Å². The van der Waals surface area contributed by atoms with Crippen LogP contribution >= 0.6 is 0 Å². The monoisotopic (exact) mass is 408 g/mol. The molecule has 0 unspecified atom stereocenters. The highest BCUT2D eigenvalue weighted by Gasteiger charge is 2.23. The summed E-state index contributed by atoms with van der Waals surface area (Å²) in [4.78, 5) is 37.2. The first-order valence-electron chi connectivity index (χ1n) is 9.48. The van der Waals surface area contributed by atoms with E-state index in [1.807, 2.05) is 11.0 Å². The number of nitro benzene ring substituents is 1. The quantitative estimate of drug-likeness (QED) is 0.442. The Kier molecular flexibility index (Phi) is 6.60. The summed E-state index contributed by atoms with van der Waals surface area (Å²) in [5, 5.41) is 22.9. The predicted octanol–water partition coefficient (Wildman–Crippen LogP) is 3.25. The van der Waals surface area contributed by atoms with Gasteiger partial charge in [0.1, 0.15) is 5.69 Å². The highest BCUT2D eigenvalue weighted by molar-refractivity contribution is 5.96. The number of carbonyl (C=O) groups excluding carboxylic acids is 2. The van der Waals surface area contributed by atoms with Crippen molar-refractivity contribution in [1.82, 2.24) is 0 Å². The van der Waals surface area contributed by atoms with Crippen molar-refractivity contribution in [3.63, 3.8) is 0 Å². The minimum absolute atomic E-state index is 0.00161. The molecule has 1 amide bonds. The Morgan fingerprint density at radius 3 is 2.63 bits per heavy atom. The third-order valence-corrected chi connectivity index (χ3v) is 4.71. The molecule has 3 rings (SSSR count).